The first-order valence-corrected chi connectivity index (χ1v) is 9.09. The molecule has 1 fully saturated rings. The second-order valence-electron chi connectivity index (χ2n) is 6.83. The zero-order valence-corrected chi connectivity index (χ0v) is 15.4. The molecule has 2 heterocycles. The molecule has 1 aliphatic rings. The van der Waals surface area contributed by atoms with E-state index in [4.69, 9.17) is 4.52 Å². The zero-order valence-electron chi connectivity index (χ0n) is 15.4. The van der Waals surface area contributed by atoms with Gasteiger partial charge in [-0.05, 0) is 19.4 Å². The molecule has 0 bridgehead atoms. The van der Waals surface area contributed by atoms with E-state index >= 15 is 0 Å². The maximum absolute atomic E-state index is 14.0. The molecule has 1 aromatic heterocycles. The van der Waals surface area contributed by atoms with Crippen molar-refractivity contribution in [3.05, 3.63) is 47.5 Å². The van der Waals surface area contributed by atoms with Crippen molar-refractivity contribution in [2.45, 2.75) is 25.9 Å². The fourth-order valence-corrected chi connectivity index (χ4v) is 3.39. The monoisotopic (exact) mass is 376 g/mol. The molecule has 1 aromatic carbocycles. The summed E-state index contributed by atoms with van der Waals surface area (Å²) in [5, 5.41) is 15.9. The standard InChI is InChI=1S/C19H25FN4O3/c1-14-10-18(22-27-14)21-19(26)13-23-7-8-24(16(12-23)6-9-25)11-15-4-2-3-5-17(15)20/h2-5,10,16,25H,6-9,11-13H2,1H3,(H,21,22,26). The molecule has 1 atom stereocenters. The number of piperazine rings is 1. The molecule has 7 nitrogen and oxygen atoms in total. The molecule has 0 aliphatic carbocycles. The predicted molar refractivity (Wildman–Crippen MR) is 98.6 cm³/mol. The lowest BCUT2D eigenvalue weighted by Gasteiger charge is -2.41. The van der Waals surface area contributed by atoms with E-state index in [0.29, 0.717) is 49.7 Å². The molecule has 1 unspecified atom stereocenters. The van der Waals surface area contributed by atoms with Crippen molar-refractivity contribution in [1.82, 2.24) is 15.0 Å². The third-order valence-electron chi connectivity index (χ3n) is 4.75. The fourth-order valence-electron chi connectivity index (χ4n) is 3.39. The van der Waals surface area contributed by atoms with Crippen molar-refractivity contribution in [3.63, 3.8) is 0 Å². The summed E-state index contributed by atoms with van der Waals surface area (Å²) in [6.07, 6.45) is 0.578. The molecule has 2 N–H and O–H groups in total. The Bertz CT molecular complexity index is 767. The van der Waals surface area contributed by atoms with Crippen LogP contribution in [0.5, 0.6) is 0 Å². The Balaban J connectivity index is 1.56. The first kappa shape index (κ1) is 19.5. The molecule has 0 radical (unpaired) electrons. The largest absolute Gasteiger partial charge is 0.396 e. The normalized spacial score (nSPS) is 18.6. The number of nitrogens with one attached hydrogen (secondary N) is 1. The molecule has 0 spiro atoms. The van der Waals surface area contributed by atoms with Gasteiger partial charge in [0.15, 0.2) is 5.82 Å². The minimum absolute atomic E-state index is 0.0523. The van der Waals surface area contributed by atoms with Crippen LogP contribution < -0.4 is 5.32 Å². The molecule has 2 aromatic rings. The van der Waals surface area contributed by atoms with Crippen molar-refractivity contribution < 1.29 is 18.8 Å². The number of hydrogen-bond acceptors (Lipinski definition) is 6. The number of halogens is 1. The highest BCUT2D eigenvalue weighted by Gasteiger charge is 2.28. The first-order valence-electron chi connectivity index (χ1n) is 9.09. The van der Waals surface area contributed by atoms with Crippen LogP contribution in [-0.4, -0.2) is 64.8 Å². The fraction of sp³-hybridized carbons (Fsp3) is 0.474. The van der Waals surface area contributed by atoms with Gasteiger partial charge in [0, 0.05) is 50.5 Å². The second kappa shape index (κ2) is 9.07. The van der Waals surface area contributed by atoms with Gasteiger partial charge in [0.2, 0.25) is 5.91 Å². The summed E-state index contributed by atoms with van der Waals surface area (Å²) in [5.74, 6) is 0.663. The van der Waals surface area contributed by atoms with Gasteiger partial charge in [0.1, 0.15) is 11.6 Å². The molecule has 146 valence electrons. The van der Waals surface area contributed by atoms with Crippen LogP contribution in [0.2, 0.25) is 0 Å². The van der Waals surface area contributed by atoms with Crippen LogP contribution in [0.1, 0.15) is 17.7 Å². The van der Waals surface area contributed by atoms with Gasteiger partial charge in [0.25, 0.3) is 0 Å². The van der Waals surface area contributed by atoms with Gasteiger partial charge in [-0.15, -0.1) is 0 Å². The number of hydrogen-bond donors (Lipinski definition) is 2. The van der Waals surface area contributed by atoms with Crippen LogP contribution in [0.15, 0.2) is 34.9 Å². The van der Waals surface area contributed by atoms with Crippen LogP contribution in [0.4, 0.5) is 10.2 Å². The van der Waals surface area contributed by atoms with Gasteiger partial charge < -0.3 is 14.9 Å². The van der Waals surface area contributed by atoms with Crippen molar-refractivity contribution in [1.29, 1.82) is 0 Å². The lowest BCUT2D eigenvalue weighted by Crippen LogP contribution is -2.54. The lowest BCUT2D eigenvalue weighted by atomic mass is 10.1. The summed E-state index contributed by atoms with van der Waals surface area (Å²) in [6, 6.07) is 8.47. The Morgan fingerprint density at radius 2 is 2.22 bits per heavy atom. The van der Waals surface area contributed by atoms with E-state index in [9.17, 15) is 14.3 Å². The molecule has 0 saturated carbocycles. The average molecular weight is 376 g/mol. The minimum Gasteiger partial charge on any atom is -0.396 e. The SMILES string of the molecule is Cc1cc(NC(=O)CN2CCN(Cc3ccccc3F)C(CCO)C2)no1. The van der Waals surface area contributed by atoms with Crippen molar-refractivity contribution in [3.8, 4) is 0 Å². The smallest absolute Gasteiger partial charge is 0.239 e. The van der Waals surface area contributed by atoms with E-state index in [2.05, 4.69) is 15.4 Å². The number of aliphatic hydroxyl groups is 1. The van der Waals surface area contributed by atoms with Gasteiger partial charge in [-0.3, -0.25) is 14.6 Å². The number of aliphatic hydroxyl groups excluding tert-OH is 1. The number of carbonyl (C=O) groups excluding carboxylic acids is 1. The van der Waals surface area contributed by atoms with Crippen LogP contribution in [0.3, 0.4) is 0 Å². The quantitative estimate of drug-likeness (QED) is 0.764. The third kappa shape index (κ3) is 5.35. The molecule has 8 heteroatoms. The summed E-state index contributed by atoms with van der Waals surface area (Å²) >= 11 is 0. The third-order valence-corrected chi connectivity index (χ3v) is 4.75. The molecule has 27 heavy (non-hydrogen) atoms. The summed E-state index contributed by atoms with van der Waals surface area (Å²) in [6.45, 7) is 4.59. The number of carbonyl (C=O) groups is 1. The number of aryl methyl sites for hydroxylation is 1. The van der Waals surface area contributed by atoms with E-state index in [-0.39, 0.29) is 30.9 Å². The average Bonchev–Trinajstić information content (AvgIpc) is 3.04. The van der Waals surface area contributed by atoms with Gasteiger partial charge in [-0.25, -0.2) is 4.39 Å². The number of aromatic nitrogens is 1. The predicted octanol–water partition coefficient (Wildman–Crippen LogP) is 1.63. The lowest BCUT2D eigenvalue weighted by molar-refractivity contribution is -0.118. The minimum atomic E-state index is -0.218. The van der Waals surface area contributed by atoms with Crippen LogP contribution >= 0.6 is 0 Å². The van der Waals surface area contributed by atoms with E-state index in [1.807, 2.05) is 11.0 Å². The molecular formula is C19H25FN4O3. The molecule has 1 saturated heterocycles. The molecular weight excluding hydrogens is 351 g/mol. The molecule has 3 rings (SSSR count). The highest BCUT2D eigenvalue weighted by molar-refractivity contribution is 5.91. The highest BCUT2D eigenvalue weighted by atomic mass is 19.1. The number of benzene rings is 1. The van der Waals surface area contributed by atoms with Crippen molar-refractivity contribution >= 4 is 11.7 Å². The first-order chi connectivity index (χ1) is 13.0. The summed E-state index contributed by atoms with van der Waals surface area (Å²) < 4.78 is 18.9. The summed E-state index contributed by atoms with van der Waals surface area (Å²) in [4.78, 5) is 16.4. The number of anilines is 1. The van der Waals surface area contributed by atoms with E-state index < -0.39 is 0 Å². The number of nitrogens with zero attached hydrogens (tertiary/aromatic N) is 3. The van der Waals surface area contributed by atoms with E-state index in [1.54, 1.807) is 25.1 Å². The zero-order chi connectivity index (χ0) is 19.2. The van der Waals surface area contributed by atoms with E-state index in [0.717, 1.165) is 0 Å². The Hall–Kier alpha value is -2.29. The van der Waals surface area contributed by atoms with Gasteiger partial charge >= 0.3 is 0 Å². The van der Waals surface area contributed by atoms with Gasteiger partial charge in [-0.2, -0.15) is 0 Å². The van der Waals surface area contributed by atoms with Crippen LogP contribution in [0, 0.1) is 12.7 Å². The summed E-state index contributed by atoms with van der Waals surface area (Å²) in [5.41, 5.74) is 0.646. The van der Waals surface area contributed by atoms with Crippen molar-refractivity contribution in [2.75, 3.05) is 38.1 Å². The number of rotatable bonds is 7. The molecule has 1 aliphatic heterocycles. The number of amides is 1. The topological polar surface area (TPSA) is 81.8 Å². The highest BCUT2D eigenvalue weighted by Crippen LogP contribution is 2.18. The molecule has 1 amide bonds. The summed E-state index contributed by atoms with van der Waals surface area (Å²) in [7, 11) is 0. The second-order valence-corrected chi connectivity index (χ2v) is 6.83. The Labute approximate surface area is 157 Å². The van der Waals surface area contributed by atoms with Gasteiger partial charge in [0.05, 0.1) is 6.54 Å². The van der Waals surface area contributed by atoms with Crippen molar-refractivity contribution in [2.24, 2.45) is 0 Å². The van der Waals surface area contributed by atoms with Crippen LogP contribution in [0.25, 0.3) is 0 Å². The van der Waals surface area contributed by atoms with Gasteiger partial charge in [-0.1, -0.05) is 23.4 Å². The Kier molecular flexibility index (Phi) is 6.54. The Morgan fingerprint density at radius 3 is 2.93 bits per heavy atom. The van der Waals surface area contributed by atoms with Crippen LogP contribution in [-0.2, 0) is 11.3 Å². The maximum Gasteiger partial charge on any atom is 0.239 e. The van der Waals surface area contributed by atoms with E-state index in [1.165, 1.54) is 6.07 Å². The maximum atomic E-state index is 14.0. The Morgan fingerprint density at radius 1 is 1.41 bits per heavy atom.